The highest BCUT2D eigenvalue weighted by Crippen LogP contribution is 2.70. The quantitative estimate of drug-likeness (QED) is 0.185. The van der Waals surface area contributed by atoms with E-state index in [0.717, 1.165) is 6.92 Å². The normalized spacial score (nSPS) is 46.1. The fourth-order valence-electron chi connectivity index (χ4n) is 8.08. The van der Waals surface area contributed by atoms with Crippen LogP contribution in [0.15, 0.2) is 11.6 Å². The van der Waals surface area contributed by atoms with Crippen LogP contribution in [0.3, 0.4) is 0 Å². The lowest BCUT2D eigenvalue weighted by atomic mass is 9.52. The SMILES string of the molecule is CC(=O)O[C@@H]1[C@@H]2O[C@]2(C)[C@@H]2[C@@H](OC(C)=O)[C@]34O[C@@]3(C)C(=O)O[C@H]4/C=C(/C)C[C@@H](OC(C)=O)[C@H](OC(C)=O)[C@@]2(C)[C@H]1OC(C)=O. The maximum absolute atomic E-state index is 13.2. The first-order valence-corrected chi connectivity index (χ1v) is 14.4. The average molecular weight is 623 g/mol. The second-order valence-corrected chi connectivity index (χ2v) is 12.8. The fourth-order valence-corrected chi connectivity index (χ4v) is 8.08. The van der Waals surface area contributed by atoms with E-state index in [9.17, 15) is 28.8 Å². The Balaban J connectivity index is 1.86. The van der Waals surface area contributed by atoms with Crippen LogP contribution in [0.1, 0.15) is 68.7 Å². The van der Waals surface area contributed by atoms with Gasteiger partial charge in [0.05, 0.1) is 5.41 Å². The Labute approximate surface area is 253 Å². The summed E-state index contributed by atoms with van der Waals surface area (Å²) in [5.74, 6) is -5.41. The molecule has 4 fully saturated rings. The summed E-state index contributed by atoms with van der Waals surface area (Å²) < 4.78 is 47.7. The van der Waals surface area contributed by atoms with Gasteiger partial charge in [0.25, 0.3) is 0 Å². The van der Waals surface area contributed by atoms with Gasteiger partial charge in [0.15, 0.2) is 29.5 Å². The van der Waals surface area contributed by atoms with Crippen LogP contribution in [0.4, 0.5) is 0 Å². The summed E-state index contributed by atoms with van der Waals surface area (Å²) in [6.45, 7) is 12.4. The van der Waals surface area contributed by atoms with Gasteiger partial charge in [-0.25, -0.2) is 4.79 Å². The van der Waals surface area contributed by atoms with Crippen molar-refractivity contribution >= 4 is 35.8 Å². The molecule has 5 rings (SSSR count). The van der Waals surface area contributed by atoms with Gasteiger partial charge in [-0.15, -0.1) is 0 Å². The van der Waals surface area contributed by atoms with E-state index < -0.39 is 107 Å². The van der Waals surface area contributed by atoms with Gasteiger partial charge in [-0.3, -0.25) is 24.0 Å². The first kappa shape index (κ1) is 31.9. The van der Waals surface area contributed by atoms with E-state index >= 15 is 0 Å². The van der Waals surface area contributed by atoms with Crippen LogP contribution in [0.2, 0.25) is 0 Å². The summed E-state index contributed by atoms with van der Waals surface area (Å²) in [4.78, 5) is 76.4. The number of hydrogen-bond donors (Lipinski definition) is 0. The summed E-state index contributed by atoms with van der Waals surface area (Å²) in [6.07, 6.45) is -6.82. The molecule has 3 heterocycles. The van der Waals surface area contributed by atoms with E-state index in [4.69, 9.17) is 37.9 Å². The van der Waals surface area contributed by atoms with Crippen molar-refractivity contribution in [3.8, 4) is 0 Å². The molecule has 0 aromatic rings. The van der Waals surface area contributed by atoms with Crippen LogP contribution in [0, 0.1) is 11.3 Å². The molecule has 3 aliphatic heterocycles. The summed E-state index contributed by atoms with van der Waals surface area (Å²) in [6, 6.07) is 0. The molecule has 1 spiro atoms. The number of esters is 6. The number of hydrogen-bond acceptors (Lipinski definition) is 14. The minimum Gasteiger partial charge on any atom is -0.459 e. The largest absolute Gasteiger partial charge is 0.459 e. The molecule has 2 aliphatic carbocycles. The molecule has 0 amide bonds. The van der Waals surface area contributed by atoms with Gasteiger partial charge in [0.1, 0.15) is 30.0 Å². The molecular formula is C30H38O14. The van der Waals surface area contributed by atoms with Crippen LogP contribution in [-0.2, 0) is 66.7 Å². The molecule has 0 aromatic heterocycles. The topological polar surface area (TPSA) is 183 Å². The highest BCUT2D eigenvalue weighted by atomic mass is 16.7. The highest BCUT2D eigenvalue weighted by molar-refractivity contribution is 5.89. The Morgan fingerprint density at radius 1 is 0.773 bits per heavy atom. The minimum absolute atomic E-state index is 0.00899. The zero-order valence-corrected chi connectivity index (χ0v) is 26.1. The lowest BCUT2D eigenvalue weighted by Crippen LogP contribution is -2.71. The molecule has 5 aliphatic rings. The summed E-state index contributed by atoms with van der Waals surface area (Å²) in [5.41, 5.74) is -5.51. The minimum atomic E-state index is -1.69. The second kappa shape index (κ2) is 10.3. The van der Waals surface area contributed by atoms with Gasteiger partial charge in [0.2, 0.25) is 0 Å². The Hall–Kier alpha value is -3.52. The molecule has 44 heavy (non-hydrogen) atoms. The van der Waals surface area contributed by atoms with Crippen LogP contribution >= 0.6 is 0 Å². The fraction of sp³-hybridized carbons (Fsp3) is 0.733. The second-order valence-electron chi connectivity index (χ2n) is 12.8. The van der Waals surface area contributed by atoms with Crippen molar-refractivity contribution < 1.29 is 66.7 Å². The van der Waals surface area contributed by atoms with Gasteiger partial charge in [-0.2, -0.15) is 0 Å². The van der Waals surface area contributed by atoms with Gasteiger partial charge in [-0.05, 0) is 26.8 Å². The number of carbonyl (C=O) groups is 6. The molecule has 0 N–H and O–H groups in total. The number of fused-ring (bicyclic) bond motifs is 3. The molecule has 0 unspecified atom stereocenters. The molecule has 0 aromatic carbocycles. The zero-order chi connectivity index (χ0) is 32.7. The summed E-state index contributed by atoms with van der Waals surface area (Å²) in [5, 5.41) is 0. The average Bonchev–Trinajstić information content (AvgIpc) is 3.72. The molecule has 3 saturated heterocycles. The van der Waals surface area contributed by atoms with E-state index in [2.05, 4.69) is 0 Å². The lowest BCUT2D eigenvalue weighted by Gasteiger charge is -2.56. The van der Waals surface area contributed by atoms with Crippen molar-refractivity contribution in [3.05, 3.63) is 11.6 Å². The van der Waals surface area contributed by atoms with Crippen molar-refractivity contribution in [1.82, 2.24) is 0 Å². The molecule has 14 heteroatoms. The number of carbonyl (C=O) groups excluding carboxylic acids is 6. The van der Waals surface area contributed by atoms with Crippen LogP contribution in [-0.4, -0.2) is 95.3 Å². The number of rotatable bonds is 5. The summed E-state index contributed by atoms with van der Waals surface area (Å²) >= 11 is 0. The highest BCUT2D eigenvalue weighted by Gasteiger charge is 2.90. The number of epoxide rings is 2. The van der Waals surface area contributed by atoms with Crippen LogP contribution < -0.4 is 0 Å². The van der Waals surface area contributed by atoms with Crippen molar-refractivity contribution in [2.24, 2.45) is 11.3 Å². The van der Waals surface area contributed by atoms with Gasteiger partial charge < -0.3 is 37.9 Å². The molecule has 0 radical (unpaired) electrons. The molecule has 242 valence electrons. The van der Waals surface area contributed by atoms with Gasteiger partial charge >= 0.3 is 35.8 Å². The Kier molecular flexibility index (Phi) is 7.44. The molecule has 1 saturated carbocycles. The van der Waals surface area contributed by atoms with Crippen molar-refractivity contribution in [2.45, 2.75) is 128 Å². The van der Waals surface area contributed by atoms with Crippen molar-refractivity contribution in [3.63, 3.8) is 0 Å². The van der Waals surface area contributed by atoms with Crippen molar-refractivity contribution in [1.29, 1.82) is 0 Å². The molecule has 14 nitrogen and oxygen atoms in total. The maximum Gasteiger partial charge on any atom is 0.342 e. The first-order chi connectivity index (χ1) is 20.3. The Morgan fingerprint density at radius 2 is 1.30 bits per heavy atom. The third-order valence-corrected chi connectivity index (χ3v) is 9.64. The predicted molar refractivity (Wildman–Crippen MR) is 143 cm³/mol. The van der Waals surface area contributed by atoms with E-state index in [1.165, 1.54) is 34.6 Å². The molecule has 12 atom stereocenters. The third kappa shape index (κ3) is 4.59. The molecular weight excluding hydrogens is 584 g/mol. The van der Waals surface area contributed by atoms with Gasteiger partial charge in [-0.1, -0.05) is 12.5 Å². The van der Waals surface area contributed by atoms with E-state index in [1.807, 2.05) is 0 Å². The standard InChI is InChI=1S/C30H38O14/c1-12-10-18(37-13(2)31)22(39-15(4)33)27(7)21(28(8)24(43-28)20(38-14(3)32)23(27)40-16(5)34)25(41-17(6)35)30-19(11-12)42-26(36)29(30,9)44-30/h11,18-25H,10H2,1-9H3/b12-11-/t18-,19+,20+,21-,22+,23+,24+,25-,27+,28-,29+,30+/m1/s1. The smallest absolute Gasteiger partial charge is 0.342 e. The summed E-state index contributed by atoms with van der Waals surface area (Å²) in [7, 11) is 0. The van der Waals surface area contributed by atoms with Gasteiger partial charge in [0, 0.05) is 47.0 Å². The lowest BCUT2D eigenvalue weighted by molar-refractivity contribution is -0.244. The monoisotopic (exact) mass is 622 g/mol. The van der Waals surface area contributed by atoms with E-state index in [1.54, 1.807) is 26.8 Å². The molecule has 0 bridgehead atoms. The van der Waals surface area contributed by atoms with Crippen LogP contribution in [0.25, 0.3) is 0 Å². The predicted octanol–water partition coefficient (Wildman–Crippen LogP) is 1.24. The zero-order valence-electron chi connectivity index (χ0n) is 26.1. The van der Waals surface area contributed by atoms with Crippen LogP contribution in [0.5, 0.6) is 0 Å². The third-order valence-electron chi connectivity index (χ3n) is 9.64. The van der Waals surface area contributed by atoms with E-state index in [0.29, 0.717) is 5.57 Å². The van der Waals surface area contributed by atoms with E-state index in [-0.39, 0.29) is 6.42 Å². The number of ether oxygens (including phenoxy) is 8. The van der Waals surface area contributed by atoms with Crippen molar-refractivity contribution in [2.75, 3.05) is 0 Å². The Morgan fingerprint density at radius 3 is 1.82 bits per heavy atom. The first-order valence-electron chi connectivity index (χ1n) is 14.4. The Bertz CT molecular complexity index is 1350. The maximum atomic E-state index is 13.2.